The molecule has 1 rings (SSSR count). The summed E-state index contributed by atoms with van der Waals surface area (Å²) < 4.78 is 0. The van der Waals surface area contributed by atoms with E-state index in [2.05, 4.69) is 81.0 Å². The van der Waals surface area contributed by atoms with Crippen LogP contribution >= 0.6 is 0 Å². The summed E-state index contributed by atoms with van der Waals surface area (Å²) >= 11 is 0. The van der Waals surface area contributed by atoms with Gasteiger partial charge in [-0.05, 0) is 60.1 Å². The molecule has 20 heavy (non-hydrogen) atoms. The summed E-state index contributed by atoms with van der Waals surface area (Å²) in [6.45, 7) is 7.75. The molecule has 0 saturated heterocycles. The molecule has 0 spiro atoms. The van der Waals surface area contributed by atoms with Crippen LogP contribution in [0.5, 0.6) is 0 Å². The SMILES string of the molecule is Cc1ccc(N(C)CCN(C)C(C)CCN(C)C)cc1. The highest BCUT2D eigenvalue weighted by molar-refractivity contribution is 5.46. The molecule has 1 aromatic carbocycles. The second-order valence-electron chi connectivity index (χ2n) is 6.18. The number of anilines is 1. The molecular formula is C17H31N3. The first-order valence-electron chi connectivity index (χ1n) is 7.53. The van der Waals surface area contributed by atoms with Crippen molar-refractivity contribution in [2.75, 3.05) is 52.7 Å². The fourth-order valence-electron chi connectivity index (χ4n) is 2.12. The van der Waals surface area contributed by atoms with Crippen molar-refractivity contribution in [1.29, 1.82) is 0 Å². The predicted octanol–water partition coefficient (Wildman–Crippen LogP) is 2.70. The van der Waals surface area contributed by atoms with Gasteiger partial charge < -0.3 is 14.7 Å². The first kappa shape index (κ1) is 17.0. The smallest absolute Gasteiger partial charge is 0.0364 e. The molecule has 0 aromatic heterocycles. The average molecular weight is 277 g/mol. The molecule has 0 bridgehead atoms. The average Bonchev–Trinajstić information content (AvgIpc) is 2.42. The quantitative estimate of drug-likeness (QED) is 0.723. The molecule has 1 unspecified atom stereocenters. The lowest BCUT2D eigenvalue weighted by atomic mass is 10.2. The number of likely N-dealkylation sites (N-methyl/N-ethyl adjacent to an activating group) is 2. The molecule has 0 N–H and O–H groups in total. The Morgan fingerprint density at radius 1 is 0.900 bits per heavy atom. The first-order chi connectivity index (χ1) is 9.40. The third kappa shape index (κ3) is 5.93. The lowest BCUT2D eigenvalue weighted by Gasteiger charge is -2.28. The van der Waals surface area contributed by atoms with E-state index in [9.17, 15) is 0 Å². The van der Waals surface area contributed by atoms with Gasteiger partial charge in [0.1, 0.15) is 0 Å². The number of hydrogen-bond donors (Lipinski definition) is 0. The van der Waals surface area contributed by atoms with Gasteiger partial charge in [0.25, 0.3) is 0 Å². The summed E-state index contributed by atoms with van der Waals surface area (Å²) in [4.78, 5) is 7.03. The monoisotopic (exact) mass is 277 g/mol. The fraction of sp³-hybridized carbons (Fsp3) is 0.647. The Morgan fingerprint density at radius 3 is 2.05 bits per heavy atom. The second-order valence-corrected chi connectivity index (χ2v) is 6.18. The van der Waals surface area contributed by atoms with Crippen LogP contribution in [0.25, 0.3) is 0 Å². The molecule has 1 atom stereocenters. The van der Waals surface area contributed by atoms with Crippen LogP contribution < -0.4 is 4.90 Å². The van der Waals surface area contributed by atoms with Crippen LogP contribution in [0, 0.1) is 6.92 Å². The van der Waals surface area contributed by atoms with Gasteiger partial charge in [0.05, 0.1) is 0 Å². The molecule has 0 radical (unpaired) electrons. The number of aryl methyl sites for hydroxylation is 1. The van der Waals surface area contributed by atoms with E-state index in [1.165, 1.54) is 17.7 Å². The number of hydrogen-bond acceptors (Lipinski definition) is 3. The Morgan fingerprint density at radius 2 is 1.50 bits per heavy atom. The zero-order valence-corrected chi connectivity index (χ0v) is 14.1. The van der Waals surface area contributed by atoms with Crippen LogP contribution in [0.1, 0.15) is 18.9 Å². The van der Waals surface area contributed by atoms with Gasteiger partial charge in [-0.25, -0.2) is 0 Å². The Kier molecular flexibility index (Phi) is 7.03. The van der Waals surface area contributed by atoms with Gasteiger partial charge in [-0.1, -0.05) is 17.7 Å². The molecule has 0 saturated carbocycles. The maximum Gasteiger partial charge on any atom is 0.0364 e. The normalized spacial score (nSPS) is 13.0. The van der Waals surface area contributed by atoms with E-state index < -0.39 is 0 Å². The summed E-state index contributed by atoms with van der Waals surface area (Å²) in [5.74, 6) is 0. The van der Waals surface area contributed by atoms with E-state index in [-0.39, 0.29) is 0 Å². The van der Waals surface area contributed by atoms with E-state index in [1.807, 2.05) is 0 Å². The molecule has 0 heterocycles. The highest BCUT2D eigenvalue weighted by Gasteiger charge is 2.10. The molecule has 3 nitrogen and oxygen atoms in total. The summed E-state index contributed by atoms with van der Waals surface area (Å²) in [5.41, 5.74) is 2.61. The lowest BCUT2D eigenvalue weighted by molar-refractivity contribution is 0.232. The molecule has 0 aliphatic rings. The standard InChI is InChI=1S/C17H31N3/c1-15-7-9-17(10-8-15)20(6)14-13-19(5)16(2)11-12-18(3)4/h7-10,16H,11-14H2,1-6H3. The van der Waals surface area contributed by atoms with Gasteiger partial charge >= 0.3 is 0 Å². The minimum atomic E-state index is 0.629. The molecule has 0 aliphatic carbocycles. The van der Waals surface area contributed by atoms with Gasteiger partial charge in [0.2, 0.25) is 0 Å². The minimum Gasteiger partial charge on any atom is -0.373 e. The zero-order chi connectivity index (χ0) is 15.1. The van der Waals surface area contributed by atoms with Crippen LogP contribution in [-0.4, -0.2) is 63.7 Å². The first-order valence-corrected chi connectivity index (χ1v) is 7.53. The maximum atomic E-state index is 2.45. The highest BCUT2D eigenvalue weighted by Crippen LogP contribution is 2.13. The van der Waals surface area contributed by atoms with Crippen LogP contribution in [-0.2, 0) is 0 Å². The van der Waals surface area contributed by atoms with E-state index >= 15 is 0 Å². The Labute approximate surface area is 125 Å². The van der Waals surface area contributed by atoms with Crippen molar-refractivity contribution in [2.45, 2.75) is 26.3 Å². The summed E-state index contributed by atoms with van der Waals surface area (Å²) in [7, 11) is 8.67. The van der Waals surface area contributed by atoms with Crippen LogP contribution in [0.3, 0.4) is 0 Å². The molecule has 0 aliphatic heterocycles. The summed E-state index contributed by atoms with van der Waals surface area (Å²) in [5, 5.41) is 0. The van der Waals surface area contributed by atoms with E-state index in [4.69, 9.17) is 0 Å². The van der Waals surface area contributed by atoms with Crippen LogP contribution in [0.4, 0.5) is 5.69 Å². The van der Waals surface area contributed by atoms with Gasteiger partial charge in [0, 0.05) is 31.9 Å². The van der Waals surface area contributed by atoms with Gasteiger partial charge in [-0.15, -0.1) is 0 Å². The van der Waals surface area contributed by atoms with Crippen LogP contribution in [0.2, 0.25) is 0 Å². The van der Waals surface area contributed by atoms with Gasteiger partial charge in [-0.2, -0.15) is 0 Å². The topological polar surface area (TPSA) is 9.72 Å². The van der Waals surface area contributed by atoms with E-state index in [0.29, 0.717) is 6.04 Å². The van der Waals surface area contributed by atoms with Crippen molar-refractivity contribution in [1.82, 2.24) is 9.80 Å². The Hall–Kier alpha value is -1.06. The summed E-state index contributed by atoms with van der Waals surface area (Å²) in [6.07, 6.45) is 1.22. The van der Waals surface area contributed by atoms with Crippen molar-refractivity contribution in [3.63, 3.8) is 0 Å². The third-order valence-corrected chi connectivity index (χ3v) is 4.01. The zero-order valence-electron chi connectivity index (χ0n) is 14.1. The number of rotatable bonds is 8. The lowest BCUT2D eigenvalue weighted by Crippen LogP contribution is -2.37. The molecule has 1 aromatic rings. The van der Waals surface area contributed by atoms with Gasteiger partial charge in [0.15, 0.2) is 0 Å². The fourth-order valence-corrected chi connectivity index (χ4v) is 2.12. The van der Waals surface area contributed by atoms with Crippen molar-refractivity contribution >= 4 is 5.69 Å². The predicted molar refractivity (Wildman–Crippen MR) is 89.7 cm³/mol. The second kappa shape index (κ2) is 8.28. The minimum absolute atomic E-state index is 0.629. The maximum absolute atomic E-state index is 2.45. The number of benzene rings is 1. The van der Waals surface area contributed by atoms with Crippen molar-refractivity contribution in [3.8, 4) is 0 Å². The third-order valence-electron chi connectivity index (χ3n) is 4.01. The Bertz CT molecular complexity index is 372. The highest BCUT2D eigenvalue weighted by atomic mass is 15.2. The van der Waals surface area contributed by atoms with Crippen molar-refractivity contribution in [2.24, 2.45) is 0 Å². The molecule has 3 heteroatoms. The molecular weight excluding hydrogens is 246 g/mol. The van der Waals surface area contributed by atoms with Crippen molar-refractivity contribution < 1.29 is 0 Å². The largest absolute Gasteiger partial charge is 0.373 e. The number of nitrogens with zero attached hydrogens (tertiary/aromatic N) is 3. The molecule has 0 fully saturated rings. The van der Waals surface area contributed by atoms with E-state index in [0.717, 1.165) is 19.6 Å². The summed E-state index contributed by atoms with van der Waals surface area (Å²) in [6, 6.07) is 9.38. The van der Waals surface area contributed by atoms with Gasteiger partial charge in [-0.3, -0.25) is 0 Å². The Balaban J connectivity index is 2.36. The van der Waals surface area contributed by atoms with Crippen molar-refractivity contribution in [3.05, 3.63) is 29.8 Å². The van der Waals surface area contributed by atoms with E-state index in [1.54, 1.807) is 0 Å². The van der Waals surface area contributed by atoms with Crippen LogP contribution in [0.15, 0.2) is 24.3 Å². The molecule has 0 amide bonds. The molecule has 114 valence electrons.